The van der Waals surface area contributed by atoms with Crippen molar-refractivity contribution in [3.8, 4) is 0 Å². The van der Waals surface area contributed by atoms with E-state index in [2.05, 4.69) is 15.3 Å². The molecule has 9 nitrogen and oxygen atoms in total. The lowest BCUT2D eigenvalue weighted by Crippen LogP contribution is -2.46. The second kappa shape index (κ2) is 9.14. The molecule has 1 amide bonds. The van der Waals surface area contributed by atoms with Gasteiger partial charge in [0.05, 0.1) is 23.4 Å². The van der Waals surface area contributed by atoms with Crippen molar-refractivity contribution in [2.75, 3.05) is 36.9 Å². The Morgan fingerprint density at radius 3 is 2.95 bits per heavy atom. The number of rotatable bonds is 3. The number of nitrogens with two attached hydrogens (primary N) is 2. The Morgan fingerprint density at radius 1 is 1.32 bits per heavy atom. The summed E-state index contributed by atoms with van der Waals surface area (Å²) in [6.45, 7) is 6.31. The highest BCUT2D eigenvalue weighted by molar-refractivity contribution is 7.21. The summed E-state index contributed by atoms with van der Waals surface area (Å²) >= 11 is 1.28. The predicted molar refractivity (Wildman–Crippen MR) is 141 cm³/mol. The van der Waals surface area contributed by atoms with Crippen LogP contribution in [0.4, 0.5) is 15.9 Å². The van der Waals surface area contributed by atoms with Gasteiger partial charge in [-0.2, -0.15) is 0 Å². The zero-order valence-electron chi connectivity index (χ0n) is 21.1. The number of carbonyl (C=O) groups is 1. The highest BCUT2D eigenvalue weighted by Gasteiger charge is 2.47. The molecule has 2 saturated heterocycles. The maximum Gasteiger partial charge on any atom is 0.263 e. The maximum absolute atomic E-state index is 15.3. The van der Waals surface area contributed by atoms with E-state index in [-0.39, 0.29) is 29.2 Å². The molecule has 0 radical (unpaired) electrons. The third-order valence-corrected chi connectivity index (χ3v) is 9.20. The lowest BCUT2D eigenvalue weighted by Gasteiger charge is -2.36. The van der Waals surface area contributed by atoms with Gasteiger partial charge >= 0.3 is 0 Å². The Kier molecular flexibility index (Phi) is 6.04. The number of halogens is 1. The Morgan fingerprint density at radius 2 is 2.16 bits per heavy atom. The number of hydrogen-bond donors (Lipinski definition) is 3. The summed E-state index contributed by atoms with van der Waals surface area (Å²) in [6.07, 6.45) is 3.87. The van der Waals surface area contributed by atoms with Crippen LogP contribution in [0.15, 0.2) is 6.07 Å². The number of hydrogen-bond acceptors (Lipinski definition) is 9. The van der Waals surface area contributed by atoms with Gasteiger partial charge in [0.1, 0.15) is 15.5 Å². The number of ether oxygens (including phenoxy) is 1. The highest BCUT2D eigenvalue weighted by atomic mass is 32.1. The van der Waals surface area contributed by atoms with Crippen molar-refractivity contribution in [1.82, 2.24) is 20.3 Å². The number of anilines is 2. The van der Waals surface area contributed by atoms with Gasteiger partial charge in [0.2, 0.25) is 0 Å². The minimum atomic E-state index is -0.343. The summed E-state index contributed by atoms with van der Waals surface area (Å²) in [4.78, 5) is 29.8. The molecule has 3 aromatic rings. The van der Waals surface area contributed by atoms with Crippen LogP contribution in [-0.2, 0) is 17.6 Å². The van der Waals surface area contributed by atoms with E-state index in [1.165, 1.54) is 11.3 Å². The first-order chi connectivity index (χ1) is 17.7. The van der Waals surface area contributed by atoms with Crippen molar-refractivity contribution in [1.29, 1.82) is 0 Å². The Bertz CT molecular complexity index is 1390. The second-order valence-corrected chi connectivity index (χ2v) is 11.7. The molecule has 1 spiro atoms. The van der Waals surface area contributed by atoms with Crippen LogP contribution in [0.2, 0.25) is 0 Å². The number of nitrogen functional groups attached to an aromatic ring is 1. The van der Waals surface area contributed by atoms with Crippen molar-refractivity contribution in [3.05, 3.63) is 39.5 Å². The lowest BCUT2D eigenvalue weighted by atomic mass is 9.79. The largest absolute Gasteiger partial charge is 0.397 e. The van der Waals surface area contributed by atoms with E-state index >= 15 is 4.39 Å². The molecule has 0 bridgehead atoms. The van der Waals surface area contributed by atoms with Crippen LogP contribution in [0.25, 0.3) is 10.2 Å². The van der Waals surface area contributed by atoms with E-state index < -0.39 is 0 Å². The van der Waals surface area contributed by atoms with Crippen LogP contribution in [-0.4, -0.2) is 59.2 Å². The fourth-order valence-corrected chi connectivity index (χ4v) is 7.26. The molecule has 3 aliphatic rings. The third-order valence-electron chi connectivity index (χ3n) is 8.11. The molecule has 0 saturated carbocycles. The van der Waals surface area contributed by atoms with Gasteiger partial charge in [-0.1, -0.05) is 0 Å². The van der Waals surface area contributed by atoms with Crippen LogP contribution in [0, 0.1) is 25.1 Å². The summed E-state index contributed by atoms with van der Waals surface area (Å²) in [6, 6.07) is 1.39. The van der Waals surface area contributed by atoms with Crippen molar-refractivity contribution in [2.24, 2.45) is 11.1 Å². The topological polar surface area (TPSA) is 132 Å². The number of carbonyl (C=O) groups excluding carboxylic acids is 1. The van der Waals surface area contributed by atoms with Crippen molar-refractivity contribution < 1.29 is 13.9 Å². The molecule has 11 heteroatoms. The lowest BCUT2D eigenvalue weighted by molar-refractivity contribution is -0.00346. The number of nitrogens with zero attached hydrogens (tertiary/aromatic N) is 4. The van der Waals surface area contributed by atoms with Gasteiger partial charge in [-0.3, -0.25) is 4.79 Å². The Labute approximate surface area is 218 Å². The smallest absolute Gasteiger partial charge is 0.263 e. The van der Waals surface area contributed by atoms with Gasteiger partial charge < -0.3 is 26.4 Å². The molecule has 6 rings (SSSR count). The average molecular weight is 526 g/mol. The molecule has 5 N–H and O–H groups in total. The summed E-state index contributed by atoms with van der Waals surface area (Å²) < 4.78 is 21.0. The molecule has 0 aromatic carbocycles. The fourth-order valence-electron chi connectivity index (χ4n) is 6.17. The Hall–Kier alpha value is -2.89. The zero-order valence-corrected chi connectivity index (χ0v) is 22.0. The summed E-state index contributed by atoms with van der Waals surface area (Å²) in [7, 11) is 0. The highest BCUT2D eigenvalue weighted by Crippen LogP contribution is 2.40. The van der Waals surface area contributed by atoms with Crippen molar-refractivity contribution in [2.45, 2.75) is 58.0 Å². The number of amides is 1. The van der Waals surface area contributed by atoms with Gasteiger partial charge in [0, 0.05) is 42.9 Å². The molecule has 1 aliphatic carbocycles. The van der Waals surface area contributed by atoms with Gasteiger partial charge in [-0.25, -0.2) is 19.3 Å². The molecular formula is C26H32FN7O2S. The minimum absolute atomic E-state index is 0.0651. The molecule has 2 aliphatic heterocycles. The first-order valence-electron chi connectivity index (χ1n) is 12.8. The van der Waals surface area contributed by atoms with Crippen LogP contribution < -0.4 is 21.7 Å². The number of aryl methyl sites for hydroxylation is 3. The van der Waals surface area contributed by atoms with Gasteiger partial charge in [-0.15, -0.1) is 11.3 Å². The van der Waals surface area contributed by atoms with Crippen LogP contribution in [0.1, 0.15) is 51.7 Å². The zero-order chi connectivity index (χ0) is 25.9. The van der Waals surface area contributed by atoms with E-state index in [0.717, 1.165) is 48.2 Å². The molecule has 196 valence electrons. The number of thiophene rings is 1. The quantitative estimate of drug-likeness (QED) is 0.476. The van der Waals surface area contributed by atoms with Crippen molar-refractivity contribution in [3.63, 3.8) is 0 Å². The minimum Gasteiger partial charge on any atom is -0.397 e. The summed E-state index contributed by atoms with van der Waals surface area (Å²) in [5, 5.41) is 3.83. The van der Waals surface area contributed by atoms with E-state index in [4.69, 9.17) is 21.2 Å². The van der Waals surface area contributed by atoms with E-state index in [1.54, 1.807) is 6.07 Å². The first-order valence-corrected chi connectivity index (χ1v) is 13.7. The Balaban J connectivity index is 1.18. The molecule has 2 fully saturated rings. The molecule has 3 atom stereocenters. The number of nitrogens with one attached hydrogen (secondary N) is 1. The maximum atomic E-state index is 15.3. The third kappa shape index (κ3) is 4.22. The SMILES string of the molecule is Cc1nc(C)c2c(N)c(C(=O)NC3CCc4nc(N5CC(N)C6(CCCOC6)C5)c(F)cc4C3)sc2n1. The standard InChI is InChI=1S/C26H32FN7O2S/c1-13-20-21(29)22(37-25(20)31-14(2)30-13)24(35)32-16-4-5-18-15(8-16)9-17(27)23(33-18)34-10-19(28)26(11-34)6-3-7-36-12-26/h9,16,19H,3-8,10-12,28-29H2,1-2H3,(H,32,35). The first kappa shape index (κ1) is 24.4. The molecule has 37 heavy (non-hydrogen) atoms. The fraction of sp³-hybridized carbons (Fsp3) is 0.538. The predicted octanol–water partition coefficient (Wildman–Crippen LogP) is 2.66. The molecular weight excluding hydrogens is 493 g/mol. The molecule has 5 heterocycles. The normalized spacial score (nSPS) is 25.6. The monoisotopic (exact) mass is 525 g/mol. The van der Waals surface area contributed by atoms with Gasteiger partial charge in [0.15, 0.2) is 11.6 Å². The molecule has 3 aromatic heterocycles. The van der Waals surface area contributed by atoms with Crippen LogP contribution in [0.5, 0.6) is 0 Å². The summed E-state index contributed by atoms with van der Waals surface area (Å²) in [5.74, 6) is 0.449. The molecule has 3 unspecified atom stereocenters. The number of fused-ring (bicyclic) bond motifs is 2. The van der Waals surface area contributed by atoms with E-state index in [0.29, 0.717) is 59.6 Å². The number of pyridine rings is 1. The second-order valence-electron chi connectivity index (χ2n) is 10.7. The van der Waals surface area contributed by atoms with Gasteiger partial charge in [0.25, 0.3) is 5.91 Å². The van der Waals surface area contributed by atoms with E-state index in [1.807, 2.05) is 18.7 Å². The van der Waals surface area contributed by atoms with Gasteiger partial charge in [-0.05, 0) is 57.6 Å². The van der Waals surface area contributed by atoms with Crippen LogP contribution in [0.3, 0.4) is 0 Å². The van der Waals surface area contributed by atoms with Crippen molar-refractivity contribution >= 4 is 39.0 Å². The average Bonchev–Trinajstić information content (AvgIpc) is 3.35. The number of aromatic nitrogens is 3. The van der Waals surface area contributed by atoms with Crippen LogP contribution >= 0.6 is 11.3 Å². The summed E-state index contributed by atoms with van der Waals surface area (Å²) in [5.41, 5.74) is 15.6. The van der Waals surface area contributed by atoms with E-state index in [9.17, 15) is 4.79 Å².